The van der Waals surface area contributed by atoms with Crippen molar-refractivity contribution in [2.45, 2.75) is 54.4 Å². The van der Waals surface area contributed by atoms with E-state index in [9.17, 15) is 0 Å². The highest BCUT2D eigenvalue weighted by molar-refractivity contribution is 5.69. The molecule has 100 valence electrons. The van der Waals surface area contributed by atoms with Crippen LogP contribution in [0, 0.1) is 10.8 Å². The lowest BCUT2D eigenvalue weighted by molar-refractivity contribution is 0.381. The van der Waals surface area contributed by atoms with Crippen molar-refractivity contribution < 1.29 is 0 Å². The molecule has 0 atom stereocenters. The quantitative estimate of drug-likeness (QED) is 0.617. The van der Waals surface area contributed by atoms with Crippen LogP contribution in [-0.4, -0.2) is 0 Å². The van der Waals surface area contributed by atoms with Crippen LogP contribution in [0.25, 0.3) is 5.57 Å². The zero-order valence-electron chi connectivity index (χ0n) is 12.9. The third-order valence-corrected chi connectivity index (χ3v) is 3.14. The van der Waals surface area contributed by atoms with Crippen LogP contribution in [0.2, 0.25) is 0 Å². The van der Waals surface area contributed by atoms with Crippen molar-refractivity contribution in [2.75, 3.05) is 0 Å². The van der Waals surface area contributed by atoms with E-state index in [0.717, 1.165) is 6.42 Å². The first kappa shape index (κ1) is 15.0. The summed E-state index contributed by atoms with van der Waals surface area (Å²) in [4.78, 5) is 0. The molecule has 0 saturated heterocycles. The van der Waals surface area contributed by atoms with Gasteiger partial charge in [0.2, 0.25) is 0 Å². The second-order valence-corrected chi connectivity index (χ2v) is 7.33. The van der Waals surface area contributed by atoms with Gasteiger partial charge in [-0.1, -0.05) is 78.0 Å². The Morgan fingerprint density at radius 1 is 0.944 bits per heavy atom. The van der Waals surface area contributed by atoms with Crippen LogP contribution in [0.1, 0.15) is 59.9 Å². The molecule has 1 aromatic rings. The Kier molecular flexibility index (Phi) is 4.78. The van der Waals surface area contributed by atoms with E-state index in [-0.39, 0.29) is 5.41 Å². The Hall–Kier alpha value is -1.04. The number of rotatable bonds is 3. The summed E-state index contributed by atoms with van der Waals surface area (Å²) in [6.07, 6.45) is 4.82. The summed E-state index contributed by atoms with van der Waals surface area (Å²) in [6, 6.07) is 10.8. The van der Waals surface area contributed by atoms with Crippen molar-refractivity contribution in [3.8, 4) is 0 Å². The van der Waals surface area contributed by atoms with Crippen LogP contribution < -0.4 is 0 Å². The number of benzene rings is 1. The van der Waals surface area contributed by atoms with E-state index in [1.165, 1.54) is 17.6 Å². The minimum atomic E-state index is 0.208. The molecule has 0 heterocycles. The van der Waals surface area contributed by atoms with Crippen LogP contribution in [0.5, 0.6) is 0 Å². The molecule has 0 aliphatic carbocycles. The molecule has 0 radical (unpaired) electrons. The molecule has 0 aliphatic heterocycles. The average Bonchev–Trinajstić information content (AvgIpc) is 2.22. The minimum absolute atomic E-state index is 0.208. The van der Waals surface area contributed by atoms with Gasteiger partial charge in [0, 0.05) is 0 Å². The molecular weight excluding hydrogens is 216 g/mol. The molecule has 0 spiro atoms. The van der Waals surface area contributed by atoms with E-state index in [4.69, 9.17) is 0 Å². The van der Waals surface area contributed by atoms with Gasteiger partial charge in [0.15, 0.2) is 0 Å². The molecule has 0 unspecified atom stereocenters. The first-order valence-electron chi connectivity index (χ1n) is 6.96. The molecule has 0 fully saturated rings. The highest BCUT2D eigenvalue weighted by Crippen LogP contribution is 2.35. The fourth-order valence-corrected chi connectivity index (χ4v) is 2.12. The molecule has 0 nitrogen and oxygen atoms in total. The summed E-state index contributed by atoms with van der Waals surface area (Å²) < 4.78 is 0. The summed E-state index contributed by atoms with van der Waals surface area (Å²) in [5.74, 6) is 0. The van der Waals surface area contributed by atoms with Gasteiger partial charge in [-0.3, -0.25) is 0 Å². The third kappa shape index (κ3) is 5.08. The summed E-state index contributed by atoms with van der Waals surface area (Å²) in [5.41, 5.74) is 3.45. The molecule has 0 saturated carbocycles. The van der Waals surface area contributed by atoms with Gasteiger partial charge in [-0.2, -0.15) is 0 Å². The van der Waals surface area contributed by atoms with Gasteiger partial charge in [0.1, 0.15) is 0 Å². The SMILES string of the molecule is CC(C)(C)CC/C=C(\c1ccccc1)C(C)(C)C. The van der Waals surface area contributed by atoms with Gasteiger partial charge in [0.05, 0.1) is 0 Å². The van der Waals surface area contributed by atoms with E-state index in [1.807, 2.05) is 0 Å². The third-order valence-electron chi connectivity index (χ3n) is 3.14. The van der Waals surface area contributed by atoms with Crippen LogP contribution in [0.15, 0.2) is 36.4 Å². The van der Waals surface area contributed by atoms with Crippen molar-refractivity contribution in [3.05, 3.63) is 42.0 Å². The Bertz CT molecular complexity index is 382. The number of hydrogen-bond acceptors (Lipinski definition) is 0. The van der Waals surface area contributed by atoms with Crippen molar-refractivity contribution in [3.63, 3.8) is 0 Å². The summed E-state index contributed by atoms with van der Waals surface area (Å²) in [7, 11) is 0. The predicted molar refractivity (Wildman–Crippen MR) is 82.6 cm³/mol. The molecular formula is C18H28. The standard InChI is InChI=1S/C18H28/c1-17(2,3)14-10-13-16(18(4,5)6)15-11-8-7-9-12-15/h7-9,11-13H,10,14H2,1-6H3/b16-13+. The molecule has 0 amide bonds. The molecule has 0 N–H and O–H groups in total. The highest BCUT2D eigenvalue weighted by Gasteiger charge is 2.18. The fourth-order valence-electron chi connectivity index (χ4n) is 2.12. The molecule has 0 bridgehead atoms. The Labute approximate surface area is 113 Å². The molecule has 0 heteroatoms. The van der Waals surface area contributed by atoms with E-state index < -0.39 is 0 Å². The maximum absolute atomic E-state index is 2.43. The summed E-state index contributed by atoms with van der Waals surface area (Å²) >= 11 is 0. The topological polar surface area (TPSA) is 0 Å². The normalized spacial score (nSPS) is 13.8. The lowest BCUT2D eigenvalue weighted by atomic mass is 9.80. The second-order valence-electron chi connectivity index (χ2n) is 7.33. The largest absolute Gasteiger partial charge is 0.0802 e. The van der Waals surface area contributed by atoms with Gasteiger partial charge in [-0.05, 0) is 34.8 Å². The summed E-state index contributed by atoms with van der Waals surface area (Å²) in [6.45, 7) is 13.8. The van der Waals surface area contributed by atoms with E-state index >= 15 is 0 Å². The second kappa shape index (κ2) is 5.73. The van der Waals surface area contributed by atoms with E-state index in [1.54, 1.807) is 0 Å². The maximum Gasteiger partial charge on any atom is -0.0129 e. The Morgan fingerprint density at radius 3 is 1.94 bits per heavy atom. The predicted octanol–water partition coefficient (Wildman–Crippen LogP) is 5.94. The first-order chi connectivity index (χ1) is 8.20. The monoisotopic (exact) mass is 244 g/mol. The van der Waals surface area contributed by atoms with Crippen LogP contribution in [0.4, 0.5) is 0 Å². The molecule has 18 heavy (non-hydrogen) atoms. The smallest absolute Gasteiger partial charge is 0.0129 e. The Morgan fingerprint density at radius 2 is 1.50 bits per heavy atom. The average molecular weight is 244 g/mol. The first-order valence-corrected chi connectivity index (χ1v) is 6.96. The van der Waals surface area contributed by atoms with Crippen molar-refractivity contribution in [2.24, 2.45) is 10.8 Å². The van der Waals surface area contributed by atoms with Gasteiger partial charge < -0.3 is 0 Å². The number of hydrogen-bond donors (Lipinski definition) is 0. The van der Waals surface area contributed by atoms with Crippen molar-refractivity contribution in [1.29, 1.82) is 0 Å². The van der Waals surface area contributed by atoms with Crippen molar-refractivity contribution in [1.82, 2.24) is 0 Å². The fraction of sp³-hybridized carbons (Fsp3) is 0.556. The lowest BCUT2D eigenvalue weighted by Gasteiger charge is -2.25. The molecule has 0 aliphatic rings. The van der Waals surface area contributed by atoms with Gasteiger partial charge in [0.25, 0.3) is 0 Å². The molecule has 0 aromatic heterocycles. The van der Waals surface area contributed by atoms with E-state index in [0.29, 0.717) is 5.41 Å². The maximum atomic E-state index is 2.43. The van der Waals surface area contributed by atoms with Crippen molar-refractivity contribution >= 4 is 5.57 Å². The highest BCUT2D eigenvalue weighted by atomic mass is 14.2. The molecule has 1 aromatic carbocycles. The van der Waals surface area contributed by atoms with Gasteiger partial charge >= 0.3 is 0 Å². The van der Waals surface area contributed by atoms with Crippen LogP contribution in [0.3, 0.4) is 0 Å². The summed E-state index contributed by atoms with van der Waals surface area (Å²) in [5, 5.41) is 0. The minimum Gasteiger partial charge on any atom is -0.0802 e. The molecule has 1 rings (SSSR count). The number of allylic oxidation sites excluding steroid dienone is 2. The lowest BCUT2D eigenvalue weighted by Crippen LogP contribution is -2.09. The van der Waals surface area contributed by atoms with Gasteiger partial charge in [-0.15, -0.1) is 0 Å². The van der Waals surface area contributed by atoms with Crippen LogP contribution in [-0.2, 0) is 0 Å². The van der Waals surface area contributed by atoms with Crippen LogP contribution >= 0.6 is 0 Å². The zero-order chi connectivity index (χ0) is 13.8. The van der Waals surface area contributed by atoms with E-state index in [2.05, 4.69) is 78.0 Å². The zero-order valence-corrected chi connectivity index (χ0v) is 12.9. The van der Waals surface area contributed by atoms with Gasteiger partial charge in [-0.25, -0.2) is 0 Å². The Balaban J connectivity index is 2.91.